The molecular formula is C27H41N3O5. The first-order valence-corrected chi connectivity index (χ1v) is 11.8. The molecule has 0 bridgehead atoms. The standard InChI is InChI=1S/C27H41N3O5/c1-11-18-15-13-14-16-19(18)21(22(32)29-25(3,4)5)30(27(9,10)12-2)23(33)20(17-31)28-24(34)35-26(6,7)8/h1,13-16,20-21,31H,12,17H2,2-10H3,(H,28,34)(H,29,32). The van der Waals surface area contributed by atoms with Crippen molar-refractivity contribution in [1.82, 2.24) is 15.5 Å². The minimum Gasteiger partial charge on any atom is -0.444 e. The number of rotatable bonds is 8. The molecule has 8 heteroatoms. The van der Waals surface area contributed by atoms with Gasteiger partial charge < -0.3 is 25.4 Å². The van der Waals surface area contributed by atoms with Crippen LogP contribution in [-0.2, 0) is 14.3 Å². The van der Waals surface area contributed by atoms with Crippen LogP contribution in [0.2, 0.25) is 0 Å². The van der Waals surface area contributed by atoms with Gasteiger partial charge in [-0.2, -0.15) is 0 Å². The molecule has 3 amide bonds. The summed E-state index contributed by atoms with van der Waals surface area (Å²) in [7, 11) is 0. The average Bonchev–Trinajstić information content (AvgIpc) is 2.72. The zero-order valence-corrected chi connectivity index (χ0v) is 22.5. The van der Waals surface area contributed by atoms with Gasteiger partial charge in [-0.05, 0) is 73.4 Å². The fraction of sp³-hybridized carbons (Fsp3) is 0.593. The first kappa shape index (κ1) is 30.0. The van der Waals surface area contributed by atoms with Crippen molar-refractivity contribution in [2.75, 3.05) is 6.61 Å². The lowest BCUT2D eigenvalue weighted by atomic mass is 9.90. The molecule has 0 spiro atoms. The molecule has 0 aromatic heterocycles. The summed E-state index contributed by atoms with van der Waals surface area (Å²) in [5.41, 5.74) is -1.29. The number of nitrogens with one attached hydrogen (secondary N) is 2. The highest BCUT2D eigenvalue weighted by molar-refractivity contribution is 5.93. The SMILES string of the molecule is C#Cc1ccccc1C(C(=O)NC(C)(C)C)N(C(=O)C(CO)NC(=O)OC(C)(C)C)C(C)(C)CC. The summed E-state index contributed by atoms with van der Waals surface area (Å²) in [6.07, 6.45) is 5.38. The highest BCUT2D eigenvalue weighted by atomic mass is 16.6. The number of ether oxygens (including phenoxy) is 1. The molecule has 8 nitrogen and oxygen atoms in total. The van der Waals surface area contributed by atoms with Crippen molar-refractivity contribution >= 4 is 17.9 Å². The van der Waals surface area contributed by atoms with Crippen LogP contribution in [0.4, 0.5) is 4.79 Å². The van der Waals surface area contributed by atoms with Crippen LogP contribution in [0.1, 0.15) is 85.9 Å². The van der Waals surface area contributed by atoms with Crippen molar-refractivity contribution < 1.29 is 24.2 Å². The molecule has 1 aromatic carbocycles. The van der Waals surface area contributed by atoms with E-state index in [1.807, 2.05) is 41.5 Å². The van der Waals surface area contributed by atoms with Gasteiger partial charge in [0.05, 0.1) is 6.61 Å². The lowest BCUT2D eigenvalue weighted by molar-refractivity contribution is -0.150. The highest BCUT2D eigenvalue weighted by Gasteiger charge is 2.44. The summed E-state index contributed by atoms with van der Waals surface area (Å²) < 4.78 is 5.27. The number of amides is 3. The van der Waals surface area contributed by atoms with Crippen LogP contribution in [0.5, 0.6) is 0 Å². The van der Waals surface area contributed by atoms with E-state index in [0.717, 1.165) is 0 Å². The van der Waals surface area contributed by atoms with Crippen LogP contribution in [0, 0.1) is 12.3 Å². The van der Waals surface area contributed by atoms with Gasteiger partial charge in [-0.25, -0.2) is 4.79 Å². The Labute approximate surface area is 209 Å². The first-order chi connectivity index (χ1) is 16.0. The Morgan fingerprint density at radius 1 is 1.09 bits per heavy atom. The molecule has 2 unspecified atom stereocenters. The maximum Gasteiger partial charge on any atom is 0.408 e. The Bertz CT molecular complexity index is 951. The van der Waals surface area contributed by atoms with Gasteiger partial charge in [0, 0.05) is 16.6 Å². The molecular weight excluding hydrogens is 446 g/mol. The summed E-state index contributed by atoms with van der Waals surface area (Å²) in [6.45, 7) is 15.5. The van der Waals surface area contributed by atoms with E-state index < -0.39 is 53.3 Å². The largest absolute Gasteiger partial charge is 0.444 e. The second kappa shape index (κ2) is 11.6. The monoisotopic (exact) mass is 487 g/mol. The fourth-order valence-corrected chi connectivity index (χ4v) is 3.45. The summed E-state index contributed by atoms with van der Waals surface area (Å²) in [4.78, 5) is 41.5. The summed E-state index contributed by atoms with van der Waals surface area (Å²) in [5, 5.41) is 15.5. The van der Waals surface area contributed by atoms with E-state index in [1.165, 1.54) is 4.90 Å². The number of hydrogen-bond donors (Lipinski definition) is 3. The lowest BCUT2D eigenvalue weighted by Crippen LogP contribution is -2.61. The van der Waals surface area contributed by atoms with E-state index in [-0.39, 0.29) is 0 Å². The van der Waals surface area contributed by atoms with Crippen LogP contribution in [0.3, 0.4) is 0 Å². The predicted octanol–water partition coefficient (Wildman–Crippen LogP) is 3.53. The zero-order chi connectivity index (χ0) is 27.2. The lowest BCUT2D eigenvalue weighted by Gasteiger charge is -2.45. The number of benzene rings is 1. The van der Waals surface area contributed by atoms with Gasteiger partial charge in [-0.15, -0.1) is 6.42 Å². The first-order valence-electron chi connectivity index (χ1n) is 11.8. The van der Waals surface area contributed by atoms with Gasteiger partial charge in [0.1, 0.15) is 17.7 Å². The quantitative estimate of drug-likeness (QED) is 0.486. The van der Waals surface area contributed by atoms with Gasteiger partial charge in [0.25, 0.3) is 0 Å². The van der Waals surface area contributed by atoms with Gasteiger partial charge in [-0.3, -0.25) is 9.59 Å². The Hall–Kier alpha value is -3.05. The molecule has 0 aliphatic rings. The molecule has 0 saturated carbocycles. The topological polar surface area (TPSA) is 108 Å². The number of carbonyl (C=O) groups is 3. The van der Waals surface area contributed by atoms with Crippen molar-refractivity contribution in [3.05, 3.63) is 35.4 Å². The number of alkyl carbamates (subject to hydrolysis) is 1. The molecule has 1 rings (SSSR count). The Kier molecular flexibility index (Phi) is 9.93. The van der Waals surface area contributed by atoms with E-state index >= 15 is 0 Å². The van der Waals surface area contributed by atoms with Crippen molar-refractivity contribution in [2.24, 2.45) is 0 Å². The minimum atomic E-state index is -1.33. The van der Waals surface area contributed by atoms with Crippen molar-refractivity contribution in [3.63, 3.8) is 0 Å². The second-order valence-corrected chi connectivity index (χ2v) is 11.1. The number of aliphatic hydroxyl groups is 1. The van der Waals surface area contributed by atoms with E-state index in [9.17, 15) is 19.5 Å². The third-order valence-electron chi connectivity index (χ3n) is 5.34. The molecule has 0 radical (unpaired) electrons. The molecule has 1 aromatic rings. The smallest absolute Gasteiger partial charge is 0.408 e. The van der Waals surface area contributed by atoms with Gasteiger partial charge in [-0.1, -0.05) is 31.0 Å². The molecule has 0 saturated heterocycles. The third-order valence-corrected chi connectivity index (χ3v) is 5.34. The van der Waals surface area contributed by atoms with E-state index in [2.05, 4.69) is 16.6 Å². The Morgan fingerprint density at radius 2 is 1.66 bits per heavy atom. The summed E-state index contributed by atoms with van der Waals surface area (Å²) in [5.74, 6) is 1.54. The number of carbonyl (C=O) groups excluding carboxylic acids is 3. The molecule has 0 aliphatic carbocycles. The maximum absolute atomic E-state index is 13.9. The highest BCUT2D eigenvalue weighted by Crippen LogP contribution is 2.34. The molecule has 35 heavy (non-hydrogen) atoms. The van der Waals surface area contributed by atoms with Gasteiger partial charge in [0.15, 0.2) is 0 Å². The second-order valence-electron chi connectivity index (χ2n) is 11.1. The summed E-state index contributed by atoms with van der Waals surface area (Å²) in [6, 6.07) is 4.48. The zero-order valence-electron chi connectivity index (χ0n) is 22.5. The molecule has 0 aliphatic heterocycles. The third kappa shape index (κ3) is 8.59. The van der Waals surface area contributed by atoms with Crippen LogP contribution in [0.25, 0.3) is 0 Å². The number of terminal acetylenes is 1. The van der Waals surface area contributed by atoms with E-state index in [1.54, 1.807) is 45.0 Å². The molecule has 2 atom stereocenters. The van der Waals surface area contributed by atoms with Gasteiger partial charge >= 0.3 is 6.09 Å². The number of aliphatic hydroxyl groups excluding tert-OH is 1. The van der Waals surface area contributed by atoms with Crippen LogP contribution < -0.4 is 10.6 Å². The Morgan fingerprint density at radius 3 is 2.11 bits per heavy atom. The van der Waals surface area contributed by atoms with Crippen LogP contribution >= 0.6 is 0 Å². The van der Waals surface area contributed by atoms with E-state index in [0.29, 0.717) is 17.5 Å². The van der Waals surface area contributed by atoms with Gasteiger partial charge in [0.2, 0.25) is 11.8 Å². The normalized spacial score (nSPS) is 13.7. The van der Waals surface area contributed by atoms with Crippen LogP contribution in [-0.4, -0.2) is 57.2 Å². The van der Waals surface area contributed by atoms with Crippen molar-refractivity contribution in [1.29, 1.82) is 0 Å². The molecule has 0 fully saturated rings. The Balaban J connectivity index is 3.68. The molecule has 194 valence electrons. The van der Waals surface area contributed by atoms with Crippen molar-refractivity contribution in [2.45, 2.75) is 97.5 Å². The number of hydrogen-bond acceptors (Lipinski definition) is 5. The van der Waals surface area contributed by atoms with E-state index in [4.69, 9.17) is 11.2 Å². The van der Waals surface area contributed by atoms with Crippen molar-refractivity contribution in [3.8, 4) is 12.3 Å². The molecule has 3 N–H and O–H groups in total. The maximum atomic E-state index is 13.9. The average molecular weight is 488 g/mol. The minimum absolute atomic E-state index is 0.427. The molecule has 0 heterocycles. The number of nitrogens with zero attached hydrogens (tertiary/aromatic N) is 1. The summed E-state index contributed by atoms with van der Waals surface area (Å²) >= 11 is 0. The fourth-order valence-electron chi connectivity index (χ4n) is 3.45. The van der Waals surface area contributed by atoms with Crippen LogP contribution in [0.15, 0.2) is 24.3 Å². The predicted molar refractivity (Wildman–Crippen MR) is 136 cm³/mol.